The number of nitrogens with zero attached hydrogens (tertiary/aromatic N) is 1. The van der Waals surface area contributed by atoms with Crippen molar-refractivity contribution in [3.8, 4) is 0 Å². The first-order valence-electron chi connectivity index (χ1n) is 9.40. The minimum Gasteiger partial charge on any atom is -0.480 e. The Morgan fingerprint density at radius 2 is 2.07 bits per heavy atom. The van der Waals surface area contributed by atoms with Crippen LogP contribution in [0.4, 0.5) is 5.69 Å². The van der Waals surface area contributed by atoms with Crippen molar-refractivity contribution in [1.29, 1.82) is 0 Å². The van der Waals surface area contributed by atoms with E-state index in [9.17, 15) is 19.5 Å². The topological polar surface area (TPSA) is 86.7 Å². The number of nitrogens with one attached hydrogen (secondary N) is 1. The lowest BCUT2D eigenvalue weighted by atomic mass is 10.0. The highest BCUT2D eigenvalue weighted by Gasteiger charge is 2.32. The summed E-state index contributed by atoms with van der Waals surface area (Å²) in [6, 6.07) is 5.93. The molecule has 1 heterocycles. The first-order valence-corrected chi connectivity index (χ1v) is 10.6. The van der Waals surface area contributed by atoms with Gasteiger partial charge in [-0.3, -0.25) is 9.59 Å². The van der Waals surface area contributed by atoms with Crippen molar-refractivity contribution in [2.24, 2.45) is 5.92 Å². The fraction of sp³-hybridized carbons (Fsp3) is 0.550. The molecule has 1 aromatic rings. The molecular weight excluding hydrogens is 364 g/mol. The SMILES string of the molecule is CC(C)CCSCC(=O)Nc1cccc(C(=O)N2CCCCC2C(=O)O)c1. The molecule has 27 heavy (non-hydrogen) atoms. The molecule has 0 aliphatic carbocycles. The first-order chi connectivity index (χ1) is 12.9. The number of aliphatic carboxylic acids is 1. The molecule has 2 amide bonds. The summed E-state index contributed by atoms with van der Waals surface area (Å²) in [5.41, 5.74) is 0.951. The molecule has 0 spiro atoms. The molecular formula is C20H28N2O4S. The largest absolute Gasteiger partial charge is 0.480 e. The zero-order valence-electron chi connectivity index (χ0n) is 15.9. The van der Waals surface area contributed by atoms with Gasteiger partial charge in [-0.05, 0) is 55.6 Å². The maximum atomic E-state index is 12.8. The van der Waals surface area contributed by atoms with E-state index in [1.165, 1.54) is 4.90 Å². The molecule has 0 bridgehead atoms. The van der Waals surface area contributed by atoms with Crippen molar-refractivity contribution in [3.63, 3.8) is 0 Å². The molecule has 1 atom stereocenters. The van der Waals surface area contributed by atoms with Crippen molar-refractivity contribution in [2.45, 2.75) is 45.6 Å². The number of hydrogen-bond donors (Lipinski definition) is 2. The Morgan fingerprint density at radius 3 is 2.78 bits per heavy atom. The van der Waals surface area contributed by atoms with E-state index in [1.807, 2.05) is 0 Å². The van der Waals surface area contributed by atoms with Gasteiger partial charge in [-0.1, -0.05) is 19.9 Å². The second-order valence-electron chi connectivity index (χ2n) is 7.21. The van der Waals surface area contributed by atoms with E-state index in [1.54, 1.807) is 36.0 Å². The minimum absolute atomic E-state index is 0.102. The fourth-order valence-electron chi connectivity index (χ4n) is 3.01. The number of likely N-dealkylation sites (tertiary alicyclic amines) is 1. The van der Waals surface area contributed by atoms with Crippen LogP contribution in [0.2, 0.25) is 0 Å². The zero-order chi connectivity index (χ0) is 19.8. The van der Waals surface area contributed by atoms with Crippen molar-refractivity contribution in [3.05, 3.63) is 29.8 Å². The van der Waals surface area contributed by atoms with E-state index in [2.05, 4.69) is 19.2 Å². The summed E-state index contributed by atoms with van der Waals surface area (Å²) < 4.78 is 0. The van der Waals surface area contributed by atoms with Crippen LogP contribution in [0.15, 0.2) is 24.3 Å². The van der Waals surface area contributed by atoms with Gasteiger partial charge in [0.2, 0.25) is 5.91 Å². The second-order valence-corrected chi connectivity index (χ2v) is 8.32. The highest BCUT2D eigenvalue weighted by Crippen LogP contribution is 2.21. The lowest BCUT2D eigenvalue weighted by Gasteiger charge is -2.33. The Hall–Kier alpha value is -2.02. The third kappa shape index (κ3) is 6.57. The summed E-state index contributed by atoms with van der Waals surface area (Å²) >= 11 is 1.59. The molecule has 1 fully saturated rings. The summed E-state index contributed by atoms with van der Waals surface area (Å²) in [5.74, 6) is 0.561. The molecule has 6 nitrogen and oxygen atoms in total. The summed E-state index contributed by atoms with van der Waals surface area (Å²) in [4.78, 5) is 37.7. The molecule has 0 saturated carbocycles. The number of rotatable bonds is 8. The quantitative estimate of drug-likeness (QED) is 0.662. The molecule has 2 N–H and O–H groups in total. The average molecular weight is 393 g/mol. The molecule has 1 unspecified atom stereocenters. The number of thioether (sulfide) groups is 1. The molecule has 7 heteroatoms. The molecule has 0 aromatic heterocycles. The Morgan fingerprint density at radius 1 is 1.30 bits per heavy atom. The molecule has 1 saturated heterocycles. The predicted molar refractivity (Wildman–Crippen MR) is 108 cm³/mol. The highest BCUT2D eigenvalue weighted by atomic mass is 32.2. The van der Waals surface area contributed by atoms with Crippen LogP contribution in [0, 0.1) is 5.92 Å². The third-order valence-electron chi connectivity index (χ3n) is 4.51. The van der Waals surface area contributed by atoms with Gasteiger partial charge in [0.05, 0.1) is 5.75 Å². The van der Waals surface area contributed by atoms with Crippen LogP contribution in [0.25, 0.3) is 0 Å². The Kier molecular flexibility index (Phi) is 8.16. The highest BCUT2D eigenvalue weighted by molar-refractivity contribution is 7.99. The van der Waals surface area contributed by atoms with E-state index in [0.29, 0.717) is 35.9 Å². The van der Waals surface area contributed by atoms with Crippen LogP contribution >= 0.6 is 11.8 Å². The van der Waals surface area contributed by atoms with E-state index in [0.717, 1.165) is 25.0 Å². The summed E-state index contributed by atoms with van der Waals surface area (Å²) in [7, 11) is 0. The number of carboxylic acids is 1. The minimum atomic E-state index is -0.967. The first kappa shape index (κ1) is 21.3. The van der Waals surface area contributed by atoms with Gasteiger partial charge in [-0.15, -0.1) is 0 Å². The summed E-state index contributed by atoms with van der Waals surface area (Å²) in [5, 5.41) is 12.2. The Bertz CT molecular complexity index is 678. The lowest BCUT2D eigenvalue weighted by Crippen LogP contribution is -2.48. The van der Waals surface area contributed by atoms with E-state index < -0.39 is 12.0 Å². The Balaban J connectivity index is 1.96. The molecule has 148 valence electrons. The van der Waals surface area contributed by atoms with Gasteiger partial charge in [0.1, 0.15) is 6.04 Å². The third-order valence-corrected chi connectivity index (χ3v) is 5.51. The lowest BCUT2D eigenvalue weighted by molar-refractivity contribution is -0.143. The molecule has 1 aliphatic rings. The number of anilines is 1. The zero-order valence-corrected chi connectivity index (χ0v) is 16.8. The molecule has 1 aliphatic heterocycles. The summed E-state index contributed by atoms with van der Waals surface area (Å²) in [6.45, 7) is 4.75. The second kappa shape index (κ2) is 10.3. The van der Waals surface area contributed by atoms with Crippen molar-refractivity contribution in [2.75, 3.05) is 23.4 Å². The van der Waals surface area contributed by atoms with E-state index >= 15 is 0 Å². The van der Waals surface area contributed by atoms with Gasteiger partial charge in [0.25, 0.3) is 5.91 Å². The van der Waals surface area contributed by atoms with Crippen LogP contribution in [0.3, 0.4) is 0 Å². The maximum Gasteiger partial charge on any atom is 0.326 e. The number of carboxylic acid groups (broad SMARTS) is 1. The maximum absolute atomic E-state index is 12.8. The number of piperidine rings is 1. The van der Waals surface area contributed by atoms with Crippen LogP contribution in [0.1, 0.15) is 49.9 Å². The van der Waals surface area contributed by atoms with Crippen molar-refractivity contribution < 1.29 is 19.5 Å². The van der Waals surface area contributed by atoms with Crippen molar-refractivity contribution >= 4 is 35.2 Å². The predicted octanol–water partition coefficient (Wildman–Crippen LogP) is 3.48. The van der Waals surface area contributed by atoms with Gasteiger partial charge >= 0.3 is 5.97 Å². The summed E-state index contributed by atoms with van der Waals surface area (Å²) in [6.07, 6.45) is 3.17. The van der Waals surface area contributed by atoms with E-state index in [-0.39, 0.29) is 11.8 Å². The molecule has 2 rings (SSSR count). The van der Waals surface area contributed by atoms with Crippen LogP contribution in [0.5, 0.6) is 0 Å². The standard InChI is InChI=1S/C20H28N2O4S/c1-14(2)9-11-27-13-18(23)21-16-7-5-6-15(12-16)19(24)22-10-4-3-8-17(22)20(25)26/h5-7,12,14,17H,3-4,8-11,13H2,1-2H3,(H,21,23)(H,25,26). The number of benzene rings is 1. The Labute approximate surface area is 164 Å². The smallest absolute Gasteiger partial charge is 0.326 e. The van der Waals surface area contributed by atoms with Gasteiger partial charge < -0.3 is 15.3 Å². The average Bonchev–Trinajstić information content (AvgIpc) is 2.64. The van der Waals surface area contributed by atoms with Gasteiger partial charge in [-0.2, -0.15) is 11.8 Å². The van der Waals surface area contributed by atoms with Gasteiger partial charge in [0, 0.05) is 17.8 Å². The number of carbonyl (C=O) groups is 3. The molecule has 1 aromatic carbocycles. The number of carbonyl (C=O) groups excluding carboxylic acids is 2. The van der Waals surface area contributed by atoms with Gasteiger partial charge in [-0.25, -0.2) is 4.79 Å². The number of hydrogen-bond acceptors (Lipinski definition) is 4. The van der Waals surface area contributed by atoms with Crippen molar-refractivity contribution in [1.82, 2.24) is 4.90 Å². The normalized spacial score (nSPS) is 17.0. The van der Waals surface area contributed by atoms with E-state index in [4.69, 9.17) is 0 Å². The fourth-order valence-corrected chi connectivity index (χ4v) is 4.05. The van der Waals surface area contributed by atoms with Crippen LogP contribution in [-0.4, -0.2) is 51.9 Å². The number of amides is 2. The monoisotopic (exact) mass is 392 g/mol. The molecule has 0 radical (unpaired) electrons. The van der Waals surface area contributed by atoms with Crippen LogP contribution < -0.4 is 5.32 Å². The van der Waals surface area contributed by atoms with Crippen LogP contribution in [-0.2, 0) is 9.59 Å². The van der Waals surface area contributed by atoms with Gasteiger partial charge in [0.15, 0.2) is 0 Å².